The first-order valence-electron chi connectivity index (χ1n) is 7.37. The first-order valence-corrected chi connectivity index (χ1v) is 7.37. The average molecular weight is 284 g/mol. The quantitative estimate of drug-likeness (QED) is 0.930. The Hall–Kier alpha value is -2.00. The normalized spacial score (nSPS) is 18.5. The van der Waals surface area contributed by atoms with Crippen molar-refractivity contribution in [1.29, 1.82) is 0 Å². The minimum Gasteiger partial charge on any atom is -0.493 e. The third-order valence-electron chi connectivity index (χ3n) is 3.89. The Morgan fingerprint density at radius 1 is 1.19 bits per heavy atom. The lowest BCUT2D eigenvalue weighted by Crippen LogP contribution is -2.19. The predicted molar refractivity (Wildman–Crippen MR) is 81.9 cm³/mol. The molecule has 0 spiro atoms. The van der Waals surface area contributed by atoms with Crippen molar-refractivity contribution in [3.63, 3.8) is 0 Å². The van der Waals surface area contributed by atoms with Crippen LogP contribution in [0.1, 0.15) is 36.5 Å². The van der Waals surface area contributed by atoms with E-state index in [0.717, 1.165) is 30.1 Å². The Kier molecular flexibility index (Phi) is 4.11. The monoisotopic (exact) mass is 284 g/mol. The molecule has 0 aliphatic carbocycles. The van der Waals surface area contributed by atoms with E-state index in [1.807, 2.05) is 42.5 Å². The lowest BCUT2D eigenvalue weighted by atomic mass is 9.94. The van der Waals surface area contributed by atoms with Crippen molar-refractivity contribution in [2.24, 2.45) is 0 Å². The number of hydrogen-bond donors (Lipinski definition) is 1. The Bertz CT molecular complexity index is 607. The molecule has 0 saturated heterocycles. The molecule has 3 nitrogen and oxygen atoms in total. The van der Waals surface area contributed by atoms with Gasteiger partial charge in [0.05, 0.1) is 19.3 Å². The van der Waals surface area contributed by atoms with Crippen molar-refractivity contribution >= 4 is 0 Å². The van der Waals surface area contributed by atoms with Crippen LogP contribution in [0.5, 0.6) is 11.5 Å². The van der Waals surface area contributed by atoms with Crippen LogP contribution in [0.4, 0.5) is 0 Å². The average Bonchev–Trinajstić information content (AvgIpc) is 2.53. The Balaban J connectivity index is 1.75. The number of para-hydroxylation sites is 2. The summed E-state index contributed by atoms with van der Waals surface area (Å²) in [7, 11) is 0. The molecule has 0 aromatic heterocycles. The zero-order valence-electron chi connectivity index (χ0n) is 12.2. The summed E-state index contributed by atoms with van der Waals surface area (Å²) in [5.41, 5.74) is 2.04. The predicted octanol–water partition coefficient (Wildman–Crippen LogP) is 3.69. The molecule has 1 aliphatic heterocycles. The van der Waals surface area contributed by atoms with E-state index in [9.17, 15) is 5.11 Å². The van der Waals surface area contributed by atoms with Gasteiger partial charge in [0.2, 0.25) is 0 Å². The molecule has 2 aromatic carbocycles. The smallest absolute Gasteiger partial charge is 0.125 e. The summed E-state index contributed by atoms with van der Waals surface area (Å²) in [5, 5.41) is 9.80. The molecule has 0 radical (unpaired) electrons. The molecule has 110 valence electrons. The van der Waals surface area contributed by atoms with Gasteiger partial charge in [0.1, 0.15) is 11.5 Å². The maximum absolute atomic E-state index is 9.80. The second-order valence-corrected chi connectivity index (χ2v) is 5.40. The Morgan fingerprint density at radius 2 is 1.95 bits per heavy atom. The van der Waals surface area contributed by atoms with Crippen molar-refractivity contribution in [2.75, 3.05) is 13.2 Å². The number of aliphatic hydroxyl groups is 1. The zero-order valence-corrected chi connectivity index (χ0v) is 12.2. The Morgan fingerprint density at radius 3 is 2.81 bits per heavy atom. The van der Waals surface area contributed by atoms with Crippen molar-refractivity contribution < 1.29 is 14.6 Å². The summed E-state index contributed by atoms with van der Waals surface area (Å²) in [6.45, 7) is 3.08. The van der Waals surface area contributed by atoms with Crippen LogP contribution in [0.2, 0.25) is 0 Å². The molecule has 3 rings (SSSR count). The van der Waals surface area contributed by atoms with Crippen molar-refractivity contribution in [1.82, 2.24) is 0 Å². The maximum atomic E-state index is 9.80. The summed E-state index contributed by atoms with van der Waals surface area (Å²) in [5.74, 6) is 2.05. The summed E-state index contributed by atoms with van der Waals surface area (Å²) in [4.78, 5) is 0. The van der Waals surface area contributed by atoms with E-state index < -0.39 is 6.10 Å². The molecule has 1 aliphatic rings. The van der Waals surface area contributed by atoms with Crippen molar-refractivity contribution in [3.8, 4) is 11.5 Å². The van der Waals surface area contributed by atoms with Gasteiger partial charge in [-0.25, -0.2) is 0 Å². The van der Waals surface area contributed by atoms with Gasteiger partial charge in [0.15, 0.2) is 0 Å². The number of benzene rings is 2. The fourth-order valence-corrected chi connectivity index (χ4v) is 2.74. The largest absolute Gasteiger partial charge is 0.493 e. The SMILES string of the molecule is C[C@@H](O)c1ccccc1OCC1CCOc2ccccc21. The molecule has 2 aromatic rings. The number of aliphatic hydroxyl groups excluding tert-OH is 1. The van der Waals surface area contributed by atoms with E-state index >= 15 is 0 Å². The van der Waals surface area contributed by atoms with Crippen LogP contribution < -0.4 is 9.47 Å². The number of ether oxygens (including phenoxy) is 2. The van der Waals surface area contributed by atoms with Gasteiger partial charge >= 0.3 is 0 Å². The maximum Gasteiger partial charge on any atom is 0.125 e. The summed E-state index contributed by atoms with van der Waals surface area (Å²) < 4.78 is 11.7. The van der Waals surface area contributed by atoms with Crippen LogP contribution in [0.3, 0.4) is 0 Å². The second-order valence-electron chi connectivity index (χ2n) is 5.40. The van der Waals surface area contributed by atoms with E-state index in [2.05, 4.69) is 6.07 Å². The van der Waals surface area contributed by atoms with E-state index in [-0.39, 0.29) is 0 Å². The van der Waals surface area contributed by atoms with Gasteiger partial charge in [-0.1, -0.05) is 36.4 Å². The van der Waals surface area contributed by atoms with Gasteiger partial charge in [0.25, 0.3) is 0 Å². The van der Waals surface area contributed by atoms with E-state index in [1.54, 1.807) is 6.92 Å². The molecular formula is C18H20O3. The number of fused-ring (bicyclic) bond motifs is 1. The van der Waals surface area contributed by atoms with Crippen LogP contribution in [0, 0.1) is 0 Å². The highest BCUT2D eigenvalue weighted by Crippen LogP contribution is 2.34. The number of rotatable bonds is 4. The highest BCUT2D eigenvalue weighted by Gasteiger charge is 2.22. The second kappa shape index (κ2) is 6.19. The molecule has 1 heterocycles. The van der Waals surface area contributed by atoms with Crippen LogP contribution >= 0.6 is 0 Å². The Labute approximate surface area is 125 Å². The molecule has 0 bridgehead atoms. The fraction of sp³-hybridized carbons (Fsp3) is 0.333. The summed E-state index contributed by atoms with van der Waals surface area (Å²) >= 11 is 0. The van der Waals surface area contributed by atoms with Gasteiger partial charge in [0, 0.05) is 17.0 Å². The van der Waals surface area contributed by atoms with Crippen LogP contribution in [0.15, 0.2) is 48.5 Å². The van der Waals surface area contributed by atoms with Gasteiger partial charge in [-0.05, 0) is 25.5 Å². The molecule has 2 atom stereocenters. The molecule has 21 heavy (non-hydrogen) atoms. The molecule has 0 amide bonds. The molecule has 3 heteroatoms. The highest BCUT2D eigenvalue weighted by atomic mass is 16.5. The van der Waals surface area contributed by atoms with Gasteiger partial charge in [-0.3, -0.25) is 0 Å². The molecule has 0 saturated carbocycles. The lowest BCUT2D eigenvalue weighted by molar-refractivity contribution is 0.184. The fourth-order valence-electron chi connectivity index (χ4n) is 2.74. The molecule has 1 unspecified atom stereocenters. The van der Waals surface area contributed by atoms with Gasteiger partial charge < -0.3 is 14.6 Å². The number of hydrogen-bond acceptors (Lipinski definition) is 3. The third kappa shape index (κ3) is 3.03. The van der Waals surface area contributed by atoms with Gasteiger partial charge in [-0.2, -0.15) is 0 Å². The van der Waals surface area contributed by atoms with Crippen molar-refractivity contribution in [3.05, 3.63) is 59.7 Å². The van der Waals surface area contributed by atoms with Gasteiger partial charge in [-0.15, -0.1) is 0 Å². The standard InChI is InChI=1S/C18H20O3/c1-13(19)15-6-2-4-8-17(15)21-12-14-10-11-20-18-9-5-3-7-16(14)18/h2-9,13-14,19H,10-12H2,1H3/t13-,14?/m1/s1. The highest BCUT2D eigenvalue weighted by molar-refractivity contribution is 5.39. The van der Waals surface area contributed by atoms with Crippen molar-refractivity contribution in [2.45, 2.75) is 25.4 Å². The van der Waals surface area contributed by atoms with E-state index in [4.69, 9.17) is 9.47 Å². The summed E-state index contributed by atoms with van der Waals surface area (Å²) in [6, 6.07) is 15.8. The molecular weight excluding hydrogens is 264 g/mol. The first kappa shape index (κ1) is 14.0. The van der Waals surface area contributed by atoms with E-state index in [0.29, 0.717) is 12.5 Å². The zero-order chi connectivity index (χ0) is 14.7. The minimum absolute atomic E-state index is 0.331. The minimum atomic E-state index is -0.525. The first-order chi connectivity index (χ1) is 10.3. The topological polar surface area (TPSA) is 38.7 Å². The van der Waals surface area contributed by atoms with Crippen LogP contribution in [-0.4, -0.2) is 18.3 Å². The lowest BCUT2D eigenvalue weighted by Gasteiger charge is -2.26. The van der Waals surface area contributed by atoms with E-state index in [1.165, 1.54) is 5.56 Å². The molecule has 1 N–H and O–H groups in total. The van der Waals surface area contributed by atoms with Crippen LogP contribution in [0.25, 0.3) is 0 Å². The van der Waals surface area contributed by atoms with Crippen LogP contribution in [-0.2, 0) is 0 Å². The summed E-state index contributed by atoms with van der Waals surface area (Å²) in [6.07, 6.45) is 0.427. The third-order valence-corrected chi connectivity index (χ3v) is 3.89. The molecule has 0 fully saturated rings.